The molecule has 0 aliphatic carbocycles. The van der Waals surface area contributed by atoms with Crippen molar-refractivity contribution in [3.05, 3.63) is 97.2 Å². The lowest BCUT2D eigenvalue weighted by atomic mass is 10.0. The van der Waals surface area contributed by atoms with E-state index in [1.807, 2.05) is 38.0 Å². The smallest absolute Gasteiger partial charge is 0.307 e. The van der Waals surface area contributed by atoms with Gasteiger partial charge in [-0.15, -0.1) is 0 Å². The number of nitrogens with zero attached hydrogens (tertiary/aromatic N) is 2. The Balaban J connectivity index is 7.15. The molecule has 5 atom stereocenters. The van der Waals surface area contributed by atoms with Crippen LogP contribution in [0.4, 0.5) is 0 Å². The molecule has 0 bridgehead atoms. The van der Waals surface area contributed by atoms with E-state index >= 15 is 0 Å². The van der Waals surface area contributed by atoms with Crippen LogP contribution in [-0.2, 0) is 52.4 Å². The van der Waals surface area contributed by atoms with E-state index in [-0.39, 0.29) is 38.5 Å². The Labute approximate surface area is 625 Å². The molecule has 0 radical (unpaired) electrons. The fourth-order valence-corrected chi connectivity index (χ4v) is 11.5. The zero-order valence-electron chi connectivity index (χ0n) is 66.6. The average Bonchev–Trinajstić information content (AvgIpc) is 0.825. The Kier molecular flexibility index (Phi) is 72.1. The van der Waals surface area contributed by atoms with Gasteiger partial charge in [0.15, 0.2) is 24.6 Å². The van der Waals surface area contributed by atoms with Gasteiger partial charge in [0.05, 0.1) is 12.8 Å². The van der Waals surface area contributed by atoms with Crippen molar-refractivity contribution in [2.45, 2.75) is 379 Å². The molecule has 588 valence electrons. The van der Waals surface area contributed by atoms with E-state index < -0.39 is 73.8 Å². The van der Waals surface area contributed by atoms with Crippen LogP contribution in [0.2, 0.25) is 0 Å². The molecule has 5 unspecified atom stereocenters. The van der Waals surface area contributed by atoms with Gasteiger partial charge in [-0.05, 0) is 189 Å². The Morgan fingerprint density at radius 2 is 0.549 bits per heavy atom. The van der Waals surface area contributed by atoms with Crippen molar-refractivity contribution in [3.63, 3.8) is 0 Å². The van der Waals surface area contributed by atoms with Crippen molar-refractivity contribution in [2.75, 3.05) is 54.5 Å². The molecule has 14 nitrogen and oxygen atoms in total. The predicted molar refractivity (Wildman–Crippen MR) is 426 cm³/mol. The number of hydrogen-bond donors (Lipinski definition) is 1. The lowest BCUT2D eigenvalue weighted by molar-refractivity contribution is -0.229. The number of aliphatic hydroxyl groups is 1. The first-order chi connectivity index (χ1) is 49.8. The number of allylic oxidation sites excluding steroid dienone is 16. The molecule has 0 spiro atoms. The van der Waals surface area contributed by atoms with Gasteiger partial charge in [-0.2, -0.15) is 0 Å². The second kappa shape index (κ2) is 75.8. The third kappa shape index (κ3) is 68.2. The molecule has 0 amide bonds. The second-order valence-electron chi connectivity index (χ2n) is 28.5. The van der Waals surface area contributed by atoms with Crippen LogP contribution in [0.15, 0.2) is 97.2 Å². The van der Waals surface area contributed by atoms with Gasteiger partial charge in [-0.1, -0.05) is 253 Å². The van der Waals surface area contributed by atoms with Gasteiger partial charge in [0.2, 0.25) is 0 Å². The summed E-state index contributed by atoms with van der Waals surface area (Å²) in [7, 11) is 7.40. The van der Waals surface area contributed by atoms with Gasteiger partial charge in [0.25, 0.3) is 0 Å². The highest BCUT2D eigenvalue weighted by Gasteiger charge is 2.45. The highest BCUT2D eigenvalue weighted by atomic mass is 16.7. The number of carbonyl (C=O) groups is 5. The molecule has 0 aromatic carbocycles. The number of carbonyl (C=O) groups excluding carboxylic acids is 5. The van der Waals surface area contributed by atoms with Crippen LogP contribution in [0, 0.1) is 0 Å². The summed E-state index contributed by atoms with van der Waals surface area (Å²) in [5.41, 5.74) is 0. The predicted octanol–water partition coefficient (Wildman–Crippen LogP) is 22.7. The van der Waals surface area contributed by atoms with Gasteiger partial charge in [0.1, 0.15) is 19.3 Å². The normalized spacial score (nSPS) is 13.8. The minimum absolute atomic E-state index is 0.00335. The summed E-state index contributed by atoms with van der Waals surface area (Å²) < 4.78 is 37.7. The molecule has 0 saturated carbocycles. The van der Waals surface area contributed by atoms with Crippen LogP contribution in [0.25, 0.3) is 0 Å². The summed E-state index contributed by atoms with van der Waals surface area (Å²) in [4.78, 5) is 74.2. The average molecular weight is 1430 g/mol. The molecule has 0 saturated heterocycles. The molecule has 0 fully saturated rings. The number of unbranched alkanes of at least 4 members (excludes halogenated alkanes) is 32. The molecule has 102 heavy (non-hydrogen) atoms. The Bertz CT molecular complexity index is 2200. The molecular formula is C88H154N2O12. The van der Waals surface area contributed by atoms with Crippen molar-refractivity contribution < 1.29 is 57.5 Å². The highest BCUT2D eigenvalue weighted by molar-refractivity contribution is 5.72. The van der Waals surface area contributed by atoms with E-state index in [1.54, 1.807) is 0 Å². The van der Waals surface area contributed by atoms with Gasteiger partial charge in [0, 0.05) is 32.4 Å². The minimum atomic E-state index is -1.62. The van der Waals surface area contributed by atoms with Crippen LogP contribution in [-0.4, -0.2) is 130 Å². The van der Waals surface area contributed by atoms with E-state index in [4.69, 9.17) is 28.4 Å². The SMILES string of the molecule is CCCCC/C=C\C/C=C\CCCCCCCC(=O)OC(COC(=O)CCN(C)C)C(OC(=O)CCCCCCC/C=C\C/C=C\CCCCC)C(OC(=O)CCCCCCC/C=C\C/C=C\CCCCC)C(COC(=O)CCN(C)C)OC(O)CCCCCCC/C=C\C/C=C\CCCCC. The van der Waals surface area contributed by atoms with Crippen LogP contribution in [0.3, 0.4) is 0 Å². The zero-order chi connectivity index (χ0) is 74.7. The van der Waals surface area contributed by atoms with E-state index in [0.717, 1.165) is 180 Å². The van der Waals surface area contributed by atoms with E-state index in [2.05, 4.69) is 125 Å². The number of ether oxygens (including phenoxy) is 6. The van der Waals surface area contributed by atoms with E-state index in [9.17, 15) is 29.1 Å². The maximum Gasteiger partial charge on any atom is 0.307 e. The Morgan fingerprint density at radius 3 is 0.853 bits per heavy atom. The summed E-state index contributed by atoms with van der Waals surface area (Å²) in [6.07, 6.45) is 73.2. The first-order valence-electron chi connectivity index (χ1n) is 41.5. The molecule has 0 aliphatic rings. The lowest BCUT2D eigenvalue weighted by Gasteiger charge is -2.37. The van der Waals surface area contributed by atoms with Crippen molar-refractivity contribution in [3.8, 4) is 0 Å². The van der Waals surface area contributed by atoms with Crippen molar-refractivity contribution >= 4 is 29.8 Å². The third-order valence-electron chi connectivity index (χ3n) is 17.9. The van der Waals surface area contributed by atoms with Crippen molar-refractivity contribution in [1.82, 2.24) is 9.80 Å². The van der Waals surface area contributed by atoms with E-state index in [1.165, 1.54) is 77.0 Å². The molecule has 0 aromatic rings. The number of rotatable bonds is 74. The van der Waals surface area contributed by atoms with Gasteiger partial charge in [-0.3, -0.25) is 24.0 Å². The summed E-state index contributed by atoms with van der Waals surface area (Å²) in [6.45, 7) is 8.64. The Hall–Kier alpha value is -4.89. The van der Waals surface area contributed by atoms with Gasteiger partial charge in [-0.25, -0.2) is 0 Å². The number of aliphatic hydroxyl groups excluding tert-OH is 1. The van der Waals surface area contributed by atoms with Crippen molar-refractivity contribution in [1.29, 1.82) is 0 Å². The van der Waals surface area contributed by atoms with Gasteiger partial charge < -0.3 is 43.3 Å². The van der Waals surface area contributed by atoms with Crippen LogP contribution in [0.5, 0.6) is 0 Å². The summed E-state index contributed by atoms with van der Waals surface area (Å²) in [5.74, 6) is -3.00. The Morgan fingerprint density at radius 1 is 0.294 bits per heavy atom. The van der Waals surface area contributed by atoms with E-state index in [0.29, 0.717) is 38.8 Å². The van der Waals surface area contributed by atoms with Crippen LogP contribution in [0.1, 0.15) is 349 Å². The number of esters is 5. The second-order valence-corrected chi connectivity index (χ2v) is 28.5. The molecule has 0 aliphatic heterocycles. The van der Waals surface area contributed by atoms with Crippen LogP contribution < -0.4 is 0 Å². The highest BCUT2D eigenvalue weighted by Crippen LogP contribution is 2.26. The van der Waals surface area contributed by atoms with Crippen LogP contribution >= 0.6 is 0 Å². The minimum Gasteiger partial charge on any atom is -0.463 e. The molecule has 1 N–H and O–H groups in total. The molecule has 0 rings (SSSR count). The maximum absolute atomic E-state index is 14.5. The molecule has 14 heteroatoms. The topological polar surface area (TPSA) is 167 Å². The lowest BCUT2D eigenvalue weighted by Crippen LogP contribution is -2.55. The fourth-order valence-electron chi connectivity index (χ4n) is 11.5. The summed E-state index contributed by atoms with van der Waals surface area (Å²) in [6, 6.07) is 0. The quantitative estimate of drug-likeness (QED) is 0.0201. The fraction of sp³-hybridized carbons (Fsp3) is 0.761. The maximum atomic E-state index is 14.5. The van der Waals surface area contributed by atoms with Gasteiger partial charge >= 0.3 is 29.8 Å². The third-order valence-corrected chi connectivity index (χ3v) is 17.9. The first kappa shape index (κ1) is 97.1. The summed E-state index contributed by atoms with van der Waals surface area (Å²) >= 11 is 0. The summed E-state index contributed by atoms with van der Waals surface area (Å²) in [5, 5.41) is 11.9. The largest absolute Gasteiger partial charge is 0.463 e. The standard InChI is InChI=1S/C88H154N2O12/c1-9-13-17-21-25-29-33-37-41-45-49-53-57-61-65-69-83(93)99-79(77-97-81(91)73-75-89(5)6)87(101-85(95)71-67-63-59-55-51-47-43-39-35-31-27-23-19-15-11-3)88(102-86(96)72-68-64-60-56-52-48-44-40-36-32-28-24-20-16-12-4)80(78-98-82(92)74-76-90(7)8)100-84(94)70-66-62-58-54-50-46-42-38-34-30-26-22-18-14-10-2/h25-32,37-44,79-80,83,87-88,93H,9-24,33-36,45-78H2,1-8H3/b29-25-,30-26-,31-27-,32-28-,41-37-,42-38-,43-39-,44-40-. The van der Waals surface area contributed by atoms with Crippen molar-refractivity contribution in [2.24, 2.45) is 0 Å². The molecule has 0 aromatic heterocycles. The zero-order valence-corrected chi connectivity index (χ0v) is 66.6. The first-order valence-corrected chi connectivity index (χ1v) is 41.5. The monoisotopic (exact) mass is 1430 g/mol. The molecule has 0 heterocycles. The number of hydrogen-bond acceptors (Lipinski definition) is 14. The molecular weight excluding hydrogens is 1280 g/mol.